The monoisotopic (exact) mass is 466 g/mol. The highest BCUT2D eigenvalue weighted by atomic mass is 35.5. The number of fused-ring (bicyclic) bond motifs is 1. The molecule has 0 unspecified atom stereocenters. The number of carbonyl (C=O) groups is 2. The third-order valence-electron chi connectivity index (χ3n) is 4.98. The molecule has 2 aliphatic heterocycles. The van der Waals surface area contributed by atoms with E-state index in [4.69, 9.17) is 25.8 Å². The number of piperazine rings is 1. The van der Waals surface area contributed by atoms with Gasteiger partial charge in [-0.05, 0) is 42.5 Å². The summed E-state index contributed by atoms with van der Waals surface area (Å²) in [5.74, 6) is -0.0638. The van der Waals surface area contributed by atoms with Gasteiger partial charge in [-0.2, -0.15) is 4.31 Å². The Morgan fingerprint density at radius 1 is 0.968 bits per heavy atom. The summed E-state index contributed by atoms with van der Waals surface area (Å²) in [6.07, 6.45) is 0. The molecule has 2 aromatic rings. The maximum absolute atomic E-state index is 12.7. The molecule has 1 saturated heterocycles. The van der Waals surface area contributed by atoms with Crippen molar-refractivity contribution in [2.24, 2.45) is 0 Å². The van der Waals surface area contributed by atoms with Gasteiger partial charge in [-0.3, -0.25) is 4.79 Å². The zero-order valence-electron chi connectivity index (χ0n) is 16.3. The molecule has 9 nitrogen and oxygen atoms in total. The minimum Gasteiger partial charge on any atom is -0.454 e. The zero-order chi connectivity index (χ0) is 22.0. The quantitative estimate of drug-likeness (QED) is 0.618. The average molecular weight is 467 g/mol. The average Bonchev–Trinajstić information content (AvgIpc) is 3.25. The number of benzene rings is 2. The van der Waals surface area contributed by atoms with Gasteiger partial charge in [0.15, 0.2) is 18.1 Å². The number of hydrogen-bond donors (Lipinski definition) is 0. The van der Waals surface area contributed by atoms with E-state index in [-0.39, 0.29) is 43.4 Å². The van der Waals surface area contributed by atoms with Crippen LogP contribution < -0.4 is 9.47 Å². The minimum atomic E-state index is -3.67. The van der Waals surface area contributed by atoms with Crippen molar-refractivity contribution in [3.8, 4) is 11.5 Å². The first-order valence-electron chi connectivity index (χ1n) is 9.45. The molecule has 4 rings (SSSR count). The van der Waals surface area contributed by atoms with Crippen LogP contribution in [0.5, 0.6) is 11.5 Å². The first-order chi connectivity index (χ1) is 14.8. The molecule has 1 fully saturated rings. The summed E-state index contributed by atoms with van der Waals surface area (Å²) in [7, 11) is -3.67. The van der Waals surface area contributed by atoms with Crippen LogP contribution in [0.15, 0.2) is 47.4 Å². The van der Waals surface area contributed by atoms with Gasteiger partial charge in [-0.1, -0.05) is 11.6 Å². The molecule has 31 heavy (non-hydrogen) atoms. The first-order valence-corrected chi connectivity index (χ1v) is 11.3. The van der Waals surface area contributed by atoms with Gasteiger partial charge in [-0.25, -0.2) is 13.2 Å². The number of esters is 1. The zero-order valence-corrected chi connectivity index (χ0v) is 17.9. The van der Waals surface area contributed by atoms with E-state index < -0.39 is 28.5 Å². The van der Waals surface area contributed by atoms with E-state index in [1.54, 1.807) is 6.07 Å². The first kappa shape index (κ1) is 21.4. The highest BCUT2D eigenvalue weighted by Gasteiger charge is 2.30. The van der Waals surface area contributed by atoms with Crippen molar-refractivity contribution < 1.29 is 32.2 Å². The van der Waals surface area contributed by atoms with E-state index in [1.807, 2.05) is 0 Å². The van der Waals surface area contributed by atoms with Crippen LogP contribution >= 0.6 is 11.6 Å². The van der Waals surface area contributed by atoms with Gasteiger partial charge >= 0.3 is 5.97 Å². The van der Waals surface area contributed by atoms with Crippen LogP contribution in [-0.2, 0) is 19.6 Å². The Morgan fingerprint density at radius 3 is 2.35 bits per heavy atom. The lowest BCUT2D eigenvalue weighted by molar-refractivity contribution is -0.135. The van der Waals surface area contributed by atoms with E-state index in [2.05, 4.69) is 0 Å². The van der Waals surface area contributed by atoms with Gasteiger partial charge < -0.3 is 19.1 Å². The summed E-state index contributed by atoms with van der Waals surface area (Å²) >= 11 is 5.82. The van der Waals surface area contributed by atoms with Crippen LogP contribution in [0.4, 0.5) is 0 Å². The van der Waals surface area contributed by atoms with E-state index in [0.29, 0.717) is 16.5 Å². The number of nitrogens with zero attached hydrogens (tertiary/aromatic N) is 2. The van der Waals surface area contributed by atoms with E-state index in [9.17, 15) is 18.0 Å². The third-order valence-corrected chi connectivity index (χ3v) is 7.14. The van der Waals surface area contributed by atoms with Crippen molar-refractivity contribution in [3.63, 3.8) is 0 Å². The number of rotatable bonds is 5. The van der Waals surface area contributed by atoms with Crippen molar-refractivity contribution in [2.45, 2.75) is 4.90 Å². The van der Waals surface area contributed by atoms with Crippen LogP contribution in [0.25, 0.3) is 0 Å². The molecule has 0 bridgehead atoms. The Hall–Kier alpha value is -2.82. The second kappa shape index (κ2) is 8.74. The number of ether oxygens (including phenoxy) is 3. The fourth-order valence-electron chi connectivity index (χ4n) is 3.26. The lowest BCUT2D eigenvalue weighted by Gasteiger charge is -2.33. The number of hydrogen-bond acceptors (Lipinski definition) is 7. The molecule has 164 valence electrons. The van der Waals surface area contributed by atoms with Crippen LogP contribution in [0.3, 0.4) is 0 Å². The standard InChI is InChI=1S/C20H19ClN2O7S/c21-15-2-4-16(5-3-15)31(26,27)23-9-7-22(8-10-23)19(24)12-28-20(25)14-1-6-17-18(11-14)30-13-29-17/h1-6,11H,7-10,12-13H2. The SMILES string of the molecule is O=C(OCC(=O)N1CCN(S(=O)(=O)c2ccc(Cl)cc2)CC1)c1ccc2c(c1)OCO2. The fourth-order valence-corrected chi connectivity index (χ4v) is 4.81. The van der Waals surface area contributed by atoms with Crippen molar-refractivity contribution in [1.82, 2.24) is 9.21 Å². The summed E-state index contributed by atoms with van der Waals surface area (Å²) in [6.45, 7) is 0.351. The lowest BCUT2D eigenvalue weighted by Crippen LogP contribution is -2.51. The molecular formula is C20H19ClN2O7S. The summed E-state index contributed by atoms with van der Waals surface area (Å²) in [6, 6.07) is 10.6. The van der Waals surface area contributed by atoms with Gasteiger partial charge in [0, 0.05) is 31.2 Å². The second-order valence-electron chi connectivity index (χ2n) is 6.88. The smallest absolute Gasteiger partial charge is 0.338 e. The molecule has 0 aromatic heterocycles. The van der Waals surface area contributed by atoms with Crippen molar-refractivity contribution in [2.75, 3.05) is 39.6 Å². The van der Waals surface area contributed by atoms with Crippen LogP contribution in [0.1, 0.15) is 10.4 Å². The molecule has 0 aliphatic carbocycles. The van der Waals surface area contributed by atoms with Crippen molar-refractivity contribution >= 4 is 33.5 Å². The van der Waals surface area contributed by atoms with Crippen LogP contribution in [0.2, 0.25) is 5.02 Å². The Balaban J connectivity index is 1.29. The highest BCUT2D eigenvalue weighted by Crippen LogP contribution is 2.32. The normalized spacial score (nSPS) is 16.2. The molecule has 1 amide bonds. The number of sulfonamides is 1. The lowest BCUT2D eigenvalue weighted by atomic mass is 10.2. The van der Waals surface area contributed by atoms with E-state index in [1.165, 1.54) is 45.6 Å². The Kier molecular flexibility index (Phi) is 6.03. The summed E-state index contributed by atoms with van der Waals surface area (Å²) in [4.78, 5) is 26.2. The van der Waals surface area contributed by atoms with Gasteiger partial charge in [0.2, 0.25) is 16.8 Å². The summed E-state index contributed by atoms with van der Waals surface area (Å²) in [5, 5.41) is 0.449. The molecule has 0 saturated carbocycles. The molecule has 2 aliphatic rings. The molecule has 2 heterocycles. The predicted octanol–water partition coefficient (Wildman–Crippen LogP) is 1.76. The van der Waals surface area contributed by atoms with Gasteiger partial charge in [-0.15, -0.1) is 0 Å². The van der Waals surface area contributed by atoms with Gasteiger partial charge in [0.05, 0.1) is 10.5 Å². The number of amides is 1. The van der Waals surface area contributed by atoms with Crippen molar-refractivity contribution in [3.05, 3.63) is 53.1 Å². The van der Waals surface area contributed by atoms with Crippen LogP contribution in [-0.4, -0.2) is 69.1 Å². The topological polar surface area (TPSA) is 102 Å². The maximum Gasteiger partial charge on any atom is 0.338 e. The third kappa shape index (κ3) is 4.60. The predicted molar refractivity (Wildman–Crippen MR) is 110 cm³/mol. The molecular weight excluding hydrogens is 448 g/mol. The maximum atomic E-state index is 12.7. The second-order valence-corrected chi connectivity index (χ2v) is 9.26. The molecule has 11 heteroatoms. The van der Waals surface area contributed by atoms with E-state index in [0.717, 1.165) is 0 Å². The number of halogens is 1. The Bertz CT molecular complexity index is 1100. The molecule has 0 atom stereocenters. The molecule has 0 spiro atoms. The highest BCUT2D eigenvalue weighted by molar-refractivity contribution is 7.89. The summed E-state index contributed by atoms with van der Waals surface area (Å²) in [5.41, 5.74) is 0.246. The Morgan fingerprint density at radius 2 is 1.65 bits per heavy atom. The Labute approximate surface area is 184 Å². The minimum absolute atomic E-state index is 0.0893. The van der Waals surface area contributed by atoms with Gasteiger partial charge in [0.1, 0.15) is 0 Å². The summed E-state index contributed by atoms with van der Waals surface area (Å²) < 4.78 is 42.3. The van der Waals surface area contributed by atoms with E-state index >= 15 is 0 Å². The molecule has 0 N–H and O–H groups in total. The largest absolute Gasteiger partial charge is 0.454 e. The fraction of sp³-hybridized carbons (Fsp3) is 0.300. The van der Waals surface area contributed by atoms with Gasteiger partial charge in [0.25, 0.3) is 5.91 Å². The van der Waals surface area contributed by atoms with Crippen LogP contribution in [0, 0.1) is 0 Å². The molecule has 0 radical (unpaired) electrons. The number of carbonyl (C=O) groups excluding carboxylic acids is 2. The van der Waals surface area contributed by atoms with Crippen molar-refractivity contribution in [1.29, 1.82) is 0 Å². The molecule has 2 aromatic carbocycles.